The number of halogens is 1. The van der Waals surface area contributed by atoms with Gasteiger partial charge in [-0.1, -0.05) is 41.9 Å². The number of ether oxygens (including phenoxy) is 1. The Bertz CT molecular complexity index is 959. The first-order valence-electron chi connectivity index (χ1n) is 7.51. The van der Waals surface area contributed by atoms with Crippen molar-refractivity contribution >= 4 is 51.3 Å². The lowest BCUT2D eigenvalue weighted by atomic mass is 10.1. The Morgan fingerprint density at radius 2 is 1.80 bits per heavy atom. The summed E-state index contributed by atoms with van der Waals surface area (Å²) in [6.45, 7) is 0. The summed E-state index contributed by atoms with van der Waals surface area (Å²) < 4.78 is 5.07. The molecule has 0 atom stereocenters. The molecule has 0 aromatic heterocycles. The number of nitrogens with one attached hydrogen (secondary N) is 2. The molecule has 1 amide bonds. The molecule has 4 nitrogen and oxygen atoms in total. The number of rotatable bonds is 3. The fraction of sp³-hybridized carbons (Fsp3) is 0.0526. The van der Waals surface area contributed by atoms with Gasteiger partial charge in [-0.05, 0) is 53.3 Å². The van der Waals surface area contributed by atoms with Crippen LogP contribution in [-0.2, 0) is 0 Å². The van der Waals surface area contributed by atoms with E-state index in [1.807, 2.05) is 42.5 Å². The first kappa shape index (κ1) is 17.2. The SMILES string of the molecule is COc1ccc(C(=O)NC(=S)Nc2ccc3ccccc3c2)cc1Cl. The van der Waals surface area contributed by atoms with E-state index in [1.165, 1.54) is 13.2 Å². The Kier molecular flexibility index (Phi) is 5.16. The summed E-state index contributed by atoms with van der Waals surface area (Å²) in [5, 5.41) is 8.45. The molecule has 0 aliphatic heterocycles. The van der Waals surface area contributed by atoms with Crippen molar-refractivity contribution in [3.05, 3.63) is 71.2 Å². The van der Waals surface area contributed by atoms with Gasteiger partial charge >= 0.3 is 0 Å². The summed E-state index contributed by atoms with van der Waals surface area (Å²) >= 11 is 11.3. The van der Waals surface area contributed by atoms with Crippen LogP contribution in [0.4, 0.5) is 5.69 Å². The molecule has 0 fully saturated rings. The van der Waals surface area contributed by atoms with E-state index in [2.05, 4.69) is 10.6 Å². The lowest BCUT2D eigenvalue weighted by molar-refractivity contribution is 0.0977. The largest absolute Gasteiger partial charge is 0.495 e. The summed E-state index contributed by atoms with van der Waals surface area (Å²) in [4.78, 5) is 12.3. The number of benzene rings is 3. The van der Waals surface area contributed by atoms with Gasteiger partial charge in [-0.2, -0.15) is 0 Å². The smallest absolute Gasteiger partial charge is 0.257 e. The minimum atomic E-state index is -0.345. The molecule has 0 aliphatic rings. The first-order valence-corrected chi connectivity index (χ1v) is 8.30. The molecule has 6 heteroatoms. The molecular weight excluding hydrogens is 356 g/mol. The topological polar surface area (TPSA) is 50.4 Å². The van der Waals surface area contributed by atoms with Gasteiger partial charge in [0.15, 0.2) is 5.11 Å². The zero-order valence-electron chi connectivity index (χ0n) is 13.4. The van der Waals surface area contributed by atoms with E-state index >= 15 is 0 Å². The highest BCUT2D eigenvalue weighted by molar-refractivity contribution is 7.80. The molecule has 0 spiro atoms. The van der Waals surface area contributed by atoms with Crippen LogP contribution in [0.5, 0.6) is 5.75 Å². The fourth-order valence-electron chi connectivity index (χ4n) is 2.41. The molecule has 0 aliphatic carbocycles. The molecule has 25 heavy (non-hydrogen) atoms. The lowest BCUT2D eigenvalue weighted by Crippen LogP contribution is -2.34. The second kappa shape index (κ2) is 7.51. The van der Waals surface area contributed by atoms with Gasteiger partial charge in [0, 0.05) is 11.3 Å². The van der Waals surface area contributed by atoms with Crippen LogP contribution in [0, 0.1) is 0 Å². The highest BCUT2D eigenvalue weighted by Crippen LogP contribution is 2.25. The lowest BCUT2D eigenvalue weighted by Gasteiger charge is -2.11. The number of thiocarbonyl (C=S) groups is 1. The van der Waals surface area contributed by atoms with Crippen molar-refractivity contribution in [3.63, 3.8) is 0 Å². The van der Waals surface area contributed by atoms with Gasteiger partial charge in [-0.3, -0.25) is 10.1 Å². The third kappa shape index (κ3) is 4.07. The third-order valence-electron chi connectivity index (χ3n) is 3.65. The van der Waals surface area contributed by atoms with Gasteiger partial charge in [0.05, 0.1) is 12.1 Å². The summed E-state index contributed by atoms with van der Waals surface area (Å²) in [7, 11) is 1.52. The fourth-order valence-corrected chi connectivity index (χ4v) is 2.88. The molecule has 0 heterocycles. The van der Waals surface area contributed by atoms with Crippen molar-refractivity contribution in [2.24, 2.45) is 0 Å². The highest BCUT2D eigenvalue weighted by Gasteiger charge is 2.11. The average Bonchev–Trinajstić information content (AvgIpc) is 2.61. The van der Waals surface area contributed by atoms with Crippen molar-refractivity contribution in [3.8, 4) is 5.75 Å². The van der Waals surface area contributed by atoms with Gasteiger partial charge in [-0.15, -0.1) is 0 Å². The Morgan fingerprint density at radius 1 is 1.04 bits per heavy atom. The van der Waals surface area contributed by atoms with Crippen LogP contribution >= 0.6 is 23.8 Å². The van der Waals surface area contributed by atoms with Crippen molar-refractivity contribution in [1.29, 1.82) is 0 Å². The van der Waals surface area contributed by atoms with E-state index in [4.69, 9.17) is 28.6 Å². The Labute approximate surface area is 155 Å². The number of fused-ring (bicyclic) bond motifs is 1. The molecular formula is C19H15ClN2O2S. The maximum atomic E-state index is 12.3. The standard InChI is InChI=1S/C19H15ClN2O2S/c1-24-17-9-7-14(11-16(17)20)18(23)22-19(25)21-15-8-6-12-4-2-3-5-13(12)10-15/h2-11H,1H3,(H2,21,22,23,25). The number of amides is 1. The van der Waals surface area contributed by atoms with Crippen LogP contribution in [0.25, 0.3) is 10.8 Å². The van der Waals surface area contributed by atoms with Crippen molar-refractivity contribution in [1.82, 2.24) is 5.32 Å². The summed E-state index contributed by atoms with van der Waals surface area (Å²) in [5.41, 5.74) is 1.20. The molecule has 3 rings (SSSR count). The molecule has 0 bridgehead atoms. The maximum absolute atomic E-state index is 12.3. The quantitative estimate of drug-likeness (QED) is 0.660. The van der Waals surface area contributed by atoms with Gasteiger partial charge < -0.3 is 10.1 Å². The van der Waals surface area contributed by atoms with E-state index in [0.717, 1.165) is 16.5 Å². The maximum Gasteiger partial charge on any atom is 0.257 e. The summed E-state index contributed by atoms with van der Waals surface area (Å²) in [5.74, 6) is 0.165. The van der Waals surface area contributed by atoms with Gasteiger partial charge in [-0.25, -0.2) is 0 Å². The van der Waals surface area contributed by atoms with Crippen LogP contribution in [0.2, 0.25) is 5.02 Å². The van der Waals surface area contributed by atoms with Crippen molar-refractivity contribution in [2.75, 3.05) is 12.4 Å². The summed E-state index contributed by atoms with van der Waals surface area (Å²) in [6.07, 6.45) is 0. The minimum absolute atomic E-state index is 0.215. The van der Waals surface area contributed by atoms with E-state index in [-0.39, 0.29) is 11.0 Å². The number of anilines is 1. The molecule has 3 aromatic rings. The Balaban J connectivity index is 1.68. The van der Waals surface area contributed by atoms with Crippen molar-refractivity contribution < 1.29 is 9.53 Å². The molecule has 0 radical (unpaired) electrons. The van der Waals surface area contributed by atoms with Gasteiger partial charge in [0.1, 0.15) is 5.75 Å². The van der Waals surface area contributed by atoms with Gasteiger partial charge in [0.2, 0.25) is 0 Å². The second-order valence-corrected chi connectivity index (χ2v) is 6.13. The molecule has 0 saturated heterocycles. The number of hydrogen-bond acceptors (Lipinski definition) is 3. The Morgan fingerprint density at radius 3 is 2.52 bits per heavy atom. The number of carbonyl (C=O) groups is 1. The third-order valence-corrected chi connectivity index (χ3v) is 4.15. The molecule has 0 saturated carbocycles. The van der Waals surface area contributed by atoms with Crippen LogP contribution in [0.1, 0.15) is 10.4 Å². The molecule has 2 N–H and O–H groups in total. The van der Waals surface area contributed by atoms with E-state index < -0.39 is 0 Å². The van der Waals surface area contributed by atoms with E-state index in [9.17, 15) is 4.79 Å². The normalized spacial score (nSPS) is 10.3. The number of carbonyl (C=O) groups excluding carboxylic acids is 1. The van der Waals surface area contributed by atoms with E-state index in [0.29, 0.717) is 16.3 Å². The van der Waals surface area contributed by atoms with Crippen LogP contribution in [0.15, 0.2) is 60.7 Å². The van der Waals surface area contributed by atoms with Crippen LogP contribution in [0.3, 0.4) is 0 Å². The second-order valence-electron chi connectivity index (χ2n) is 5.32. The highest BCUT2D eigenvalue weighted by atomic mass is 35.5. The van der Waals surface area contributed by atoms with Crippen molar-refractivity contribution in [2.45, 2.75) is 0 Å². The monoisotopic (exact) mass is 370 g/mol. The first-order chi connectivity index (χ1) is 12.1. The van der Waals surface area contributed by atoms with Crippen LogP contribution < -0.4 is 15.4 Å². The zero-order chi connectivity index (χ0) is 17.8. The average molecular weight is 371 g/mol. The van der Waals surface area contributed by atoms with Gasteiger partial charge in [0.25, 0.3) is 5.91 Å². The minimum Gasteiger partial charge on any atom is -0.495 e. The molecule has 3 aromatic carbocycles. The summed E-state index contributed by atoms with van der Waals surface area (Å²) in [6, 6.07) is 18.7. The zero-order valence-corrected chi connectivity index (χ0v) is 14.9. The predicted octanol–water partition coefficient (Wildman–Crippen LogP) is 4.63. The Hall–Kier alpha value is -2.63. The van der Waals surface area contributed by atoms with Crippen LogP contribution in [-0.4, -0.2) is 18.1 Å². The number of hydrogen-bond donors (Lipinski definition) is 2. The predicted molar refractivity (Wildman–Crippen MR) is 106 cm³/mol. The van der Waals surface area contributed by atoms with E-state index in [1.54, 1.807) is 12.1 Å². The number of methoxy groups -OCH3 is 1. The molecule has 126 valence electrons. The molecule has 0 unspecified atom stereocenters.